The van der Waals surface area contributed by atoms with Crippen molar-refractivity contribution >= 4 is 16.9 Å². The van der Waals surface area contributed by atoms with Crippen LogP contribution in [0, 0.1) is 19.7 Å². The predicted octanol–water partition coefficient (Wildman–Crippen LogP) is 5.58. The number of carbonyl (C=O) groups is 1. The Bertz CT molecular complexity index is 1270. The van der Waals surface area contributed by atoms with E-state index in [2.05, 4.69) is 35.9 Å². The summed E-state index contributed by atoms with van der Waals surface area (Å²) in [7, 11) is 0. The summed E-state index contributed by atoms with van der Waals surface area (Å²) < 4.78 is 22.0. The van der Waals surface area contributed by atoms with Crippen LogP contribution in [-0.4, -0.2) is 22.1 Å². The van der Waals surface area contributed by atoms with Crippen molar-refractivity contribution in [2.75, 3.05) is 6.61 Å². The molecule has 0 unspecified atom stereocenters. The molecule has 3 aromatic carbocycles. The minimum absolute atomic E-state index is 0.0312. The number of aromatic nitrogens is 2. The first-order chi connectivity index (χ1) is 16.0. The lowest BCUT2D eigenvalue weighted by molar-refractivity contribution is 0.0945. The Hall–Kier alpha value is -3.67. The summed E-state index contributed by atoms with van der Waals surface area (Å²) in [5, 5.41) is 2.80. The van der Waals surface area contributed by atoms with Gasteiger partial charge in [-0.25, -0.2) is 9.37 Å². The number of amides is 1. The highest BCUT2D eigenvalue weighted by molar-refractivity contribution is 5.94. The van der Waals surface area contributed by atoms with Crippen molar-refractivity contribution in [1.29, 1.82) is 0 Å². The number of nitrogens with one attached hydrogen (secondary N) is 1. The molecule has 0 fully saturated rings. The maximum absolute atomic E-state index is 13.9. The zero-order valence-corrected chi connectivity index (χ0v) is 19.0. The van der Waals surface area contributed by atoms with E-state index in [1.165, 1.54) is 17.7 Å². The van der Waals surface area contributed by atoms with Crippen molar-refractivity contribution in [3.05, 3.63) is 95.1 Å². The maximum Gasteiger partial charge on any atom is 0.254 e. The minimum atomic E-state index is -0.535. The van der Waals surface area contributed by atoms with Gasteiger partial charge in [-0.2, -0.15) is 0 Å². The normalized spacial score (nSPS) is 11.0. The van der Waals surface area contributed by atoms with Gasteiger partial charge in [0.2, 0.25) is 0 Å². The summed E-state index contributed by atoms with van der Waals surface area (Å²) in [5.41, 5.74) is 4.29. The zero-order valence-electron chi connectivity index (χ0n) is 19.0. The van der Waals surface area contributed by atoms with Crippen molar-refractivity contribution in [2.24, 2.45) is 0 Å². The molecule has 1 N–H and O–H groups in total. The van der Waals surface area contributed by atoms with E-state index in [4.69, 9.17) is 9.72 Å². The lowest BCUT2D eigenvalue weighted by Gasteiger charge is -2.12. The number of imidazole rings is 1. The topological polar surface area (TPSA) is 56.1 Å². The molecule has 0 saturated heterocycles. The second kappa shape index (κ2) is 10.3. The third-order valence-electron chi connectivity index (χ3n) is 5.62. The van der Waals surface area contributed by atoms with Crippen molar-refractivity contribution in [1.82, 2.24) is 14.9 Å². The van der Waals surface area contributed by atoms with Crippen molar-refractivity contribution < 1.29 is 13.9 Å². The van der Waals surface area contributed by atoms with E-state index < -0.39 is 11.7 Å². The SMILES string of the molecule is Cc1ccc(OCCCCn2c(CNC(=O)c3ccccc3F)nc3ccccc32)c(C)c1. The van der Waals surface area contributed by atoms with Gasteiger partial charge in [0, 0.05) is 6.54 Å². The molecule has 4 rings (SSSR count). The molecule has 1 aromatic heterocycles. The molecular formula is C27H28FN3O2. The second-order valence-electron chi connectivity index (χ2n) is 8.16. The van der Waals surface area contributed by atoms with E-state index in [-0.39, 0.29) is 12.1 Å². The Labute approximate surface area is 193 Å². The average Bonchev–Trinajstić information content (AvgIpc) is 3.16. The number of halogens is 1. The summed E-state index contributed by atoms with van der Waals surface area (Å²) in [6, 6.07) is 20.1. The van der Waals surface area contributed by atoms with Gasteiger partial charge in [0.15, 0.2) is 0 Å². The smallest absolute Gasteiger partial charge is 0.254 e. The Kier molecular flexibility index (Phi) is 7.03. The summed E-state index contributed by atoms with van der Waals surface area (Å²) in [4.78, 5) is 17.1. The molecule has 0 radical (unpaired) electrons. The molecule has 4 aromatic rings. The molecule has 0 saturated carbocycles. The Morgan fingerprint density at radius 3 is 2.64 bits per heavy atom. The Morgan fingerprint density at radius 2 is 1.82 bits per heavy atom. The van der Waals surface area contributed by atoms with Gasteiger partial charge >= 0.3 is 0 Å². The number of carbonyl (C=O) groups excluding carboxylic acids is 1. The largest absolute Gasteiger partial charge is 0.493 e. The predicted molar refractivity (Wildman–Crippen MR) is 128 cm³/mol. The third kappa shape index (κ3) is 5.40. The van der Waals surface area contributed by atoms with Gasteiger partial charge in [0.1, 0.15) is 17.4 Å². The number of rotatable bonds is 9. The van der Waals surface area contributed by atoms with Crippen LogP contribution < -0.4 is 10.1 Å². The van der Waals surface area contributed by atoms with Gasteiger partial charge in [0.25, 0.3) is 5.91 Å². The summed E-state index contributed by atoms with van der Waals surface area (Å²) >= 11 is 0. The lowest BCUT2D eigenvalue weighted by Crippen LogP contribution is -2.25. The molecule has 0 aliphatic heterocycles. The average molecular weight is 446 g/mol. The van der Waals surface area contributed by atoms with Crippen molar-refractivity contribution in [2.45, 2.75) is 39.8 Å². The first-order valence-corrected chi connectivity index (χ1v) is 11.2. The van der Waals surface area contributed by atoms with Crippen LogP contribution in [-0.2, 0) is 13.1 Å². The van der Waals surface area contributed by atoms with Crippen LogP contribution in [0.5, 0.6) is 5.75 Å². The van der Waals surface area contributed by atoms with E-state index in [0.717, 1.165) is 47.6 Å². The van der Waals surface area contributed by atoms with Crippen LogP contribution in [0.2, 0.25) is 0 Å². The number of unbranched alkanes of at least 4 members (excludes halogenated alkanes) is 1. The summed E-state index contributed by atoms with van der Waals surface area (Å²) in [5.74, 6) is 0.683. The number of hydrogen-bond acceptors (Lipinski definition) is 3. The first kappa shape index (κ1) is 22.5. The fourth-order valence-corrected chi connectivity index (χ4v) is 3.93. The third-order valence-corrected chi connectivity index (χ3v) is 5.62. The summed E-state index contributed by atoms with van der Waals surface area (Å²) in [6.45, 7) is 5.74. The van der Waals surface area contributed by atoms with Gasteiger partial charge in [-0.15, -0.1) is 0 Å². The number of ether oxygens (including phenoxy) is 1. The molecule has 1 amide bonds. The molecule has 0 atom stereocenters. The van der Waals surface area contributed by atoms with Crippen molar-refractivity contribution in [3.63, 3.8) is 0 Å². The number of hydrogen-bond donors (Lipinski definition) is 1. The zero-order chi connectivity index (χ0) is 23.2. The number of fused-ring (bicyclic) bond motifs is 1. The molecule has 0 aliphatic carbocycles. The molecule has 1 heterocycles. The number of para-hydroxylation sites is 2. The molecule has 5 nitrogen and oxygen atoms in total. The quantitative estimate of drug-likeness (QED) is 0.342. The van der Waals surface area contributed by atoms with E-state index in [1.54, 1.807) is 12.1 Å². The first-order valence-electron chi connectivity index (χ1n) is 11.2. The fraction of sp³-hybridized carbons (Fsp3) is 0.259. The van der Waals surface area contributed by atoms with Gasteiger partial charge in [0.05, 0.1) is 29.7 Å². The molecule has 33 heavy (non-hydrogen) atoms. The number of nitrogens with zero attached hydrogens (tertiary/aromatic N) is 2. The highest BCUT2D eigenvalue weighted by Gasteiger charge is 2.14. The van der Waals surface area contributed by atoms with Crippen molar-refractivity contribution in [3.8, 4) is 5.75 Å². The van der Waals surface area contributed by atoms with Gasteiger partial charge in [-0.1, -0.05) is 42.0 Å². The molecule has 170 valence electrons. The molecule has 0 spiro atoms. The van der Waals surface area contributed by atoms with Crippen LogP contribution in [0.3, 0.4) is 0 Å². The second-order valence-corrected chi connectivity index (χ2v) is 8.16. The van der Waals surface area contributed by atoms with E-state index >= 15 is 0 Å². The number of aryl methyl sites for hydroxylation is 3. The lowest BCUT2D eigenvalue weighted by atomic mass is 10.1. The van der Waals surface area contributed by atoms with Crippen LogP contribution in [0.1, 0.15) is 40.2 Å². The fourth-order valence-electron chi connectivity index (χ4n) is 3.93. The van der Waals surface area contributed by atoms with Crippen LogP contribution >= 0.6 is 0 Å². The van der Waals surface area contributed by atoms with Crippen LogP contribution in [0.4, 0.5) is 4.39 Å². The maximum atomic E-state index is 13.9. The van der Waals surface area contributed by atoms with Gasteiger partial charge in [-0.3, -0.25) is 4.79 Å². The Morgan fingerprint density at radius 1 is 1.03 bits per heavy atom. The van der Waals surface area contributed by atoms with E-state index in [1.807, 2.05) is 30.3 Å². The van der Waals surface area contributed by atoms with E-state index in [9.17, 15) is 9.18 Å². The Balaban J connectivity index is 1.38. The van der Waals surface area contributed by atoms with Crippen LogP contribution in [0.25, 0.3) is 11.0 Å². The molecular weight excluding hydrogens is 417 g/mol. The molecule has 6 heteroatoms. The molecule has 0 aliphatic rings. The monoisotopic (exact) mass is 445 g/mol. The molecule has 0 bridgehead atoms. The summed E-state index contributed by atoms with van der Waals surface area (Å²) in [6.07, 6.45) is 1.79. The van der Waals surface area contributed by atoms with Crippen LogP contribution in [0.15, 0.2) is 66.7 Å². The highest BCUT2D eigenvalue weighted by Crippen LogP contribution is 2.20. The minimum Gasteiger partial charge on any atom is -0.493 e. The van der Waals surface area contributed by atoms with Gasteiger partial charge in [-0.05, 0) is 62.6 Å². The number of benzene rings is 3. The van der Waals surface area contributed by atoms with Gasteiger partial charge < -0.3 is 14.6 Å². The van der Waals surface area contributed by atoms with E-state index in [0.29, 0.717) is 6.61 Å². The highest BCUT2D eigenvalue weighted by atomic mass is 19.1. The standard InChI is InChI=1S/C27H28FN3O2/c1-19-13-14-25(20(2)17-19)33-16-8-7-15-31-24-12-6-5-11-23(24)30-26(31)18-29-27(32)21-9-3-4-10-22(21)28/h3-6,9-14,17H,7-8,15-16,18H2,1-2H3,(H,29,32).